The van der Waals surface area contributed by atoms with Gasteiger partial charge in [0.05, 0.1) is 7.11 Å². The molecule has 0 fully saturated rings. The zero-order valence-corrected chi connectivity index (χ0v) is 12.8. The number of carbonyl (C=O) groups is 2. The average molecular weight is 312 g/mol. The van der Waals surface area contributed by atoms with E-state index in [1.165, 1.54) is 26.2 Å². The number of carbonyl (C=O) groups excluding carboxylic acids is 2. The molecule has 1 unspecified atom stereocenters. The van der Waals surface area contributed by atoms with Crippen LogP contribution >= 0.6 is 0 Å². The Morgan fingerprint density at radius 2 is 2.00 bits per heavy atom. The van der Waals surface area contributed by atoms with Crippen molar-refractivity contribution in [1.82, 2.24) is 0 Å². The largest absolute Gasteiger partial charge is 0.508 e. The van der Waals surface area contributed by atoms with E-state index in [9.17, 15) is 19.8 Å². The van der Waals surface area contributed by atoms with Crippen molar-refractivity contribution in [3.8, 4) is 5.75 Å². The summed E-state index contributed by atoms with van der Waals surface area (Å²) in [6, 6.07) is 8.11. The average Bonchev–Trinajstić information content (AvgIpc) is 2.49. The topological polar surface area (TPSA) is 83.8 Å². The van der Waals surface area contributed by atoms with E-state index in [0.717, 1.165) is 10.8 Å². The van der Waals surface area contributed by atoms with Gasteiger partial charge >= 0.3 is 0 Å². The smallest absolute Gasteiger partial charge is 0.195 e. The molecule has 23 heavy (non-hydrogen) atoms. The Morgan fingerprint density at radius 1 is 1.26 bits per heavy atom. The molecule has 1 atom stereocenters. The number of aliphatic hydroxyl groups is 1. The van der Waals surface area contributed by atoms with Crippen molar-refractivity contribution in [2.24, 2.45) is 0 Å². The minimum Gasteiger partial charge on any atom is -0.508 e. The number of rotatable bonds is 3. The lowest BCUT2D eigenvalue weighted by atomic mass is 9.76. The Morgan fingerprint density at radius 3 is 2.65 bits per heavy atom. The molecule has 0 saturated carbocycles. The molecular formula is C18H16O5. The summed E-state index contributed by atoms with van der Waals surface area (Å²) in [6.07, 6.45) is 0.924. The van der Waals surface area contributed by atoms with Crippen LogP contribution in [0, 0.1) is 0 Å². The fraction of sp³-hybridized carbons (Fsp3) is 0.222. The standard InChI is InChI=1S/C18H16O5/c1-10(19)9-18(22)14-6-3-11-7-12(20)4-5-13(11)17(14)15(23-2)8-16(18)21/h3-8,20,22H,9H2,1-2H3. The Hall–Kier alpha value is -2.66. The predicted molar refractivity (Wildman–Crippen MR) is 84.8 cm³/mol. The second-order valence-electron chi connectivity index (χ2n) is 5.71. The number of fused-ring (bicyclic) bond motifs is 3. The molecule has 3 rings (SSSR count). The lowest BCUT2D eigenvalue weighted by Crippen LogP contribution is -2.39. The Labute approximate surface area is 132 Å². The third-order valence-corrected chi connectivity index (χ3v) is 4.09. The number of Topliss-reactive ketones (excluding diaryl/α,β-unsaturated/α-hetero) is 1. The summed E-state index contributed by atoms with van der Waals surface area (Å²) in [6.45, 7) is 1.33. The zero-order valence-electron chi connectivity index (χ0n) is 12.8. The number of phenolic OH excluding ortho intramolecular Hbond substituents is 1. The maximum Gasteiger partial charge on any atom is 0.195 e. The van der Waals surface area contributed by atoms with E-state index in [0.29, 0.717) is 16.9 Å². The molecule has 0 saturated heterocycles. The first-order valence-corrected chi connectivity index (χ1v) is 7.15. The minimum atomic E-state index is -1.89. The first kappa shape index (κ1) is 15.2. The van der Waals surface area contributed by atoms with Crippen LogP contribution in [0.3, 0.4) is 0 Å². The lowest BCUT2D eigenvalue weighted by molar-refractivity contribution is -0.139. The second kappa shape index (κ2) is 5.21. The van der Waals surface area contributed by atoms with Gasteiger partial charge < -0.3 is 14.9 Å². The van der Waals surface area contributed by atoms with Crippen molar-refractivity contribution in [2.45, 2.75) is 18.9 Å². The van der Waals surface area contributed by atoms with Gasteiger partial charge in [-0.25, -0.2) is 0 Å². The number of hydrogen-bond acceptors (Lipinski definition) is 5. The van der Waals surface area contributed by atoms with Gasteiger partial charge in [0, 0.05) is 23.6 Å². The highest BCUT2D eigenvalue weighted by molar-refractivity contribution is 6.11. The number of aromatic hydroxyl groups is 1. The molecule has 1 aliphatic rings. The third-order valence-electron chi connectivity index (χ3n) is 4.09. The van der Waals surface area contributed by atoms with Crippen LogP contribution in [0.25, 0.3) is 16.5 Å². The summed E-state index contributed by atoms with van der Waals surface area (Å²) in [5.41, 5.74) is -0.987. The molecule has 0 bridgehead atoms. The van der Waals surface area contributed by atoms with Crippen molar-refractivity contribution < 1.29 is 24.5 Å². The fourth-order valence-corrected chi connectivity index (χ4v) is 3.07. The summed E-state index contributed by atoms with van der Waals surface area (Å²) in [5.74, 6) is -0.414. The van der Waals surface area contributed by atoms with E-state index in [2.05, 4.69) is 0 Å². The van der Waals surface area contributed by atoms with Gasteiger partial charge in [-0.1, -0.05) is 12.1 Å². The second-order valence-corrected chi connectivity index (χ2v) is 5.71. The van der Waals surface area contributed by atoms with E-state index >= 15 is 0 Å². The predicted octanol–water partition coefficient (Wildman–Crippen LogP) is 2.28. The molecule has 0 heterocycles. The first-order chi connectivity index (χ1) is 10.9. The van der Waals surface area contributed by atoms with E-state index in [-0.39, 0.29) is 18.0 Å². The van der Waals surface area contributed by atoms with Gasteiger partial charge in [-0.2, -0.15) is 0 Å². The molecule has 1 aliphatic carbocycles. The summed E-state index contributed by atoms with van der Waals surface area (Å²) >= 11 is 0. The number of benzene rings is 2. The van der Waals surface area contributed by atoms with Crippen LogP contribution in [-0.4, -0.2) is 28.9 Å². The van der Waals surface area contributed by atoms with Crippen molar-refractivity contribution >= 4 is 28.1 Å². The molecule has 118 valence electrons. The van der Waals surface area contributed by atoms with Crippen molar-refractivity contribution in [2.75, 3.05) is 7.11 Å². The zero-order chi connectivity index (χ0) is 16.8. The van der Waals surface area contributed by atoms with E-state index in [1.807, 2.05) is 0 Å². The SMILES string of the molecule is COC1=CC(=O)C(O)(CC(C)=O)c2ccc3cc(O)ccc3c21. The molecule has 5 nitrogen and oxygen atoms in total. The number of ether oxygens (including phenoxy) is 1. The fourth-order valence-electron chi connectivity index (χ4n) is 3.07. The third kappa shape index (κ3) is 2.29. The Bertz CT molecular complexity index is 865. The van der Waals surface area contributed by atoms with Gasteiger partial charge in [-0.3, -0.25) is 9.59 Å². The van der Waals surface area contributed by atoms with Gasteiger partial charge in [0.15, 0.2) is 11.4 Å². The number of methoxy groups -OCH3 is 1. The molecular weight excluding hydrogens is 296 g/mol. The summed E-state index contributed by atoms with van der Waals surface area (Å²) in [5, 5.41) is 22.0. The van der Waals surface area contributed by atoms with E-state index < -0.39 is 11.4 Å². The van der Waals surface area contributed by atoms with Crippen LogP contribution in [0.1, 0.15) is 24.5 Å². The molecule has 0 aliphatic heterocycles. The highest BCUT2D eigenvalue weighted by Gasteiger charge is 2.43. The van der Waals surface area contributed by atoms with Gasteiger partial charge in [-0.15, -0.1) is 0 Å². The Balaban J connectivity index is 2.36. The van der Waals surface area contributed by atoms with E-state index in [1.54, 1.807) is 24.3 Å². The molecule has 0 spiro atoms. The van der Waals surface area contributed by atoms with Crippen molar-refractivity contribution in [3.63, 3.8) is 0 Å². The normalized spacial score (nSPS) is 20.1. The van der Waals surface area contributed by atoms with E-state index in [4.69, 9.17) is 4.74 Å². The lowest BCUT2D eigenvalue weighted by Gasteiger charge is -2.32. The van der Waals surface area contributed by atoms with Crippen molar-refractivity contribution in [3.05, 3.63) is 47.5 Å². The molecule has 2 aromatic rings. The van der Waals surface area contributed by atoms with Crippen molar-refractivity contribution in [1.29, 1.82) is 0 Å². The molecule has 0 amide bonds. The number of phenols is 1. The van der Waals surface area contributed by atoms with Crippen LogP contribution in [0.5, 0.6) is 5.75 Å². The highest BCUT2D eigenvalue weighted by Crippen LogP contribution is 2.42. The van der Waals surface area contributed by atoms with Crippen LogP contribution in [-0.2, 0) is 19.9 Å². The van der Waals surface area contributed by atoms with Gasteiger partial charge in [0.1, 0.15) is 17.3 Å². The summed E-state index contributed by atoms with van der Waals surface area (Å²) in [7, 11) is 1.44. The molecule has 2 aromatic carbocycles. The highest BCUT2D eigenvalue weighted by atomic mass is 16.5. The van der Waals surface area contributed by atoms with Crippen LogP contribution < -0.4 is 0 Å². The summed E-state index contributed by atoms with van der Waals surface area (Å²) in [4.78, 5) is 23.9. The van der Waals surface area contributed by atoms with Crippen LogP contribution in [0.4, 0.5) is 0 Å². The molecule has 5 heteroatoms. The number of ketones is 2. The monoisotopic (exact) mass is 312 g/mol. The van der Waals surface area contributed by atoms with Gasteiger partial charge in [-0.05, 0) is 35.9 Å². The minimum absolute atomic E-state index is 0.117. The molecule has 2 N–H and O–H groups in total. The summed E-state index contributed by atoms with van der Waals surface area (Å²) < 4.78 is 5.31. The van der Waals surface area contributed by atoms with Gasteiger partial charge in [0.25, 0.3) is 0 Å². The first-order valence-electron chi connectivity index (χ1n) is 7.15. The quantitative estimate of drug-likeness (QED) is 0.908. The molecule has 0 radical (unpaired) electrons. The Kier molecular flexibility index (Phi) is 3.45. The maximum absolute atomic E-state index is 12.4. The van der Waals surface area contributed by atoms with Crippen LogP contribution in [0.2, 0.25) is 0 Å². The van der Waals surface area contributed by atoms with Crippen LogP contribution in [0.15, 0.2) is 36.4 Å². The molecule has 0 aromatic heterocycles. The van der Waals surface area contributed by atoms with Gasteiger partial charge in [0.2, 0.25) is 0 Å². The maximum atomic E-state index is 12.4. The number of hydrogen-bond donors (Lipinski definition) is 2.